The van der Waals surface area contributed by atoms with Gasteiger partial charge in [0, 0.05) is 17.8 Å². The van der Waals surface area contributed by atoms with Gasteiger partial charge in [-0.1, -0.05) is 44.7 Å². The number of carboxylic acid groups (broad SMARTS) is 1. The molecule has 0 saturated heterocycles. The number of hydrogen-bond donors (Lipinski definition) is 2. The monoisotopic (exact) mass is 612 g/mol. The van der Waals surface area contributed by atoms with E-state index in [4.69, 9.17) is 13.9 Å². The predicted molar refractivity (Wildman–Crippen MR) is 168 cm³/mol. The van der Waals surface area contributed by atoms with Gasteiger partial charge in [-0.15, -0.1) is 0 Å². The molecule has 0 aliphatic heterocycles. The summed E-state index contributed by atoms with van der Waals surface area (Å²) in [5.74, 6) is -1.49. The van der Waals surface area contributed by atoms with E-state index < -0.39 is 30.3 Å². The Labute approximate surface area is 261 Å². The second-order valence-corrected chi connectivity index (χ2v) is 10.4. The number of ether oxygens (including phenoxy) is 2. The largest absolute Gasteiger partial charge is 0.494 e. The maximum absolute atomic E-state index is 13.2. The Balaban J connectivity index is 1.30. The number of aliphatic carboxylic acids is 1. The maximum Gasteiger partial charge on any atom is 0.343 e. The molecule has 0 fully saturated rings. The lowest BCUT2D eigenvalue weighted by Gasteiger charge is -2.21. The van der Waals surface area contributed by atoms with Gasteiger partial charge in [-0.3, -0.25) is 14.4 Å². The summed E-state index contributed by atoms with van der Waals surface area (Å²) in [7, 11) is 0. The molecule has 0 spiro atoms. The molecule has 0 radical (unpaired) electrons. The van der Waals surface area contributed by atoms with E-state index in [2.05, 4.69) is 12.2 Å². The number of hydrogen-bond acceptors (Lipinski definition) is 7. The highest BCUT2D eigenvalue weighted by Gasteiger charge is 2.20. The number of rotatable bonds is 16. The second-order valence-electron chi connectivity index (χ2n) is 10.4. The van der Waals surface area contributed by atoms with E-state index in [-0.39, 0.29) is 17.9 Å². The number of carbonyl (C=O) groups excluding carboxylic acids is 3. The van der Waals surface area contributed by atoms with Crippen molar-refractivity contribution >= 4 is 29.4 Å². The van der Waals surface area contributed by atoms with Crippen LogP contribution in [0, 0.1) is 0 Å². The van der Waals surface area contributed by atoms with Gasteiger partial charge < -0.3 is 29.2 Å². The normalized spacial score (nSPS) is 10.6. The first-order valence-electron chi connectivity index (χ1n) is 14.8. The van der Waals surface area contributed by atoms with Crippen LogP contribution in [0.25, 0.3) is 0 Å². The molecule has 2 amide bonds. The lowest BCUT2D eigenvalue weighted by Crippen LogP contribution is -2.35. The molecule has 0 saturated carbocycles. The number of carboxylic acids is 1. The van der Waals surface area contributed by atoms with Gasteiger partial charge in [0.2, 0.25) is 0 Å². The summed E-state index contributed by atoms with van der Waals surface area (Å²) in [4.78, 5) is 50.8. The number of furan rings is 1. The van der Waals surface area contributed by atoms with Crippen LogP contribution in [0.4, 0.5) is 5.69 Å². The van der Waals surface area contributed by atoms with Crippen molar-refractivity contribution in [1.29, 1.82) is 0 Å². The number of unbranched alkanes of at least 4 members (excludes halogenated alkanes) is 4. The molecular formula is C35H36N2O8. The quantitative estimate of drug-likeness (QED) is 0.0799. The highest BCUT2D eigenvalue weighted by Crippen LogP contribution is 2.20. The molecule has 0 aliphatic carbocycles. The number of anilines is 1. The van der Waals surface area contributed by atoms with Crippen molar-refractivity contribution in [3.05, 3.63) is 114 Å². The van der Waals surface area contributed by atoms with Gasteiger partial charge in [0.15, 0.2) is 5.76 Å². The number of esters is 1. The van der Waals surface area contributed by atoms with E-state index in [0.29, 0.717) is 34.9 Å². The van der Waals surface area contributed by atoms with Crippen LogP contribution in [-0.4, -0.2) is 46.9 Å². The molecule has 3 aromatic carbocycles. The van der Waals surface area contributed by atoms with E-state index in [1.165, 1.54) is 48.6 Å². The van der Waals surface area contributed by atoms with E-state index in [9.17, 15) is 24.3 Å². The number of nitrogens with one attached hydrogen (secondary N) is 1. The molecule has 10 nitrogen and oxygen atoms in total. The van der Waals surface area contributed by atoms with Gasteiger partial charge in [0.05, 0.1) is 18.4 Å². The van der Waals surface area contributed by atoms with Crippen molar-refractivity contribution in [2.75, 3.05) is 18.5 Å². The highest BCUT2D eigenvalue weighted by molar-refractivity contribution is 6.02. The second kappa shape index (κ2) is 16.5. The van der Waals surface area contributed by atoms with Crippen molar-refractivity contribution < 1.29 is 38.2 Å². The molecule has 10 heteroatoms. The Kier molecular flexibility index (Phi) is 11.9. The van der Waals surface area contributed by atoms with Crippen molar-refractivity contribution in [1.82, 2.24) is 4.90 Å². The van der Waals surface area contributed by atoms with Crippen LogP contribution in [-0.2, 0) is 11.3 Å². The number of nitrogens with zero attached hydrogens (tertiary/aromatic N) is 1. The minimum atomic E-state index is -1.17. The highest BCUT2D eigenvalue weighted by atomic mass is 16.5. The minimum Gasteiger partial charge on any atom is -0.494 e. The number of carbonyl (C=O) groups is 4. The third-order valence-electron chi connectivity index (χ3n) is 6.86. The van der Waals surface area contributed by atoms with Gasteiger partial charge in [0.25, 0.3) is 11.8 Å². The van der Waals surface area contributed by atoms with Crippen LogP contribution in [0.2, 0.25) is 0 Å². The molecule has 1 heterocycles. The predicted octanol–water partition coefficient (Wildman–Crippen LogP) is 6.83. The van der Waals surface area contributed by atoms with Gasteiger partial charge in [-0.25, -0.2) is 4.79 Å². The van der Waals surface area contributed by atoms with Gasteiger partial charge >= 0.3 is 11.9 Å². The number of amides is 2. The van der Waals surface area contributed by atoms with Crippen molar-refractivity contribution in [3.63, 3.8) is 0 Å². The summed E-state index contributed by atoms with van der Waals surface area (Å²) in [5.41, 5.74) is 1.71. The molecule has 0 unspecified atom stereocenters. The summed E-state index contributed by atoms with van der Waals surface area (Å²) in [5, 5.41) is 12.1. The van der Waals surface area contributed by atoms with E-state index in [1.807, 2.05) is 0 Å². The molecule has 0 bridgehead atoms. The third kappa shape index (κ3) is 10.1. The Hall–Kier alpha value is -5.38. The maximum atomic E-state index is 13.2. The Morgan fingerprint density at radius 1 is 0.800 bits per heavy atom. The Morgan fingerprint density at radius 2 is 1.47 bits per heavy atom. The Bertz CT molecular complexity index is 1550. The fourth-order valence-electron chi connectivity index (χ4n) is 4.47. The van der Waals surface area contributed by atoms with Gasteiger partial charge in [-0.2, -0.15) is 0 Å². The van der Waals surface area contributed by atoms with Crippen LogP contribution in [0.1, 0.15) is 75.9 Å². The van der Waals surface area contributed by atoms with Crippen molar-refractivity contribution in [2.24, 2.45) is 0 Å². The molecular weight excluding hydrogens is 576 g/mol. The average molecular weight is 613 g/mol. The summed E-state index contributed by atoms with van der Waals surface area (Å²) in [6.07, 6.45) is 7.15. The first-order valence-corrected chi connectivity index (χ1v) is 14.8. The topological polar surface area (TPSA) is 135 Å². The lowest BCUT2D eigenvalue weighted by molar-refractivity contribution is -0.137. The van der Waals surface area contributed by atoms with E-state index in [1.54, 1.807) is 66.7 Å². The number of benzene rings is 3. The lowest BCUT2D eigenvalue weighted by atomic mass is 10.1. The molecule has 2 N–H and O–H groups in total. The van der Waals surface area contributed by atoms with Crippen LogP contribution in [0.3, 0.4) is 0 Å². The summed E-state index contributed by atoms with van der Waals surface area (Å²) in [6, 6.07) is 22.5. The molecule has 4 aromatic rings. The summed E-state index contributed by atoms with van der Waals surface area (Å²) in [6.45, 7) is 2.30. The van der Waals surface area contributed by atoms with Crippen LogP contribution in [0.15, 0.2) is 95.6 Å². The van der Waals surface area contributed by atoms with Crippen molar-refractivity contribution in [3.8, 4) is 11.5 Å². The summed E-state index contributed by atoms with van der Waals surface area (Å²) >= 11 is 0. The van der Waals surface area contributed by atoms with Gasteiger partial charge in [0.1, 0.15) is 18.0 Å². The minimum absolute atomic E-state index is 0.0103. The molecule has 0 atom stereocenters. The zero-order valence-corrected chi connectivity index (χ0v) is 25.1. The molecule has 0 aliphatic rings. The summed E-state index contributed by atoms with van der Waals surface area (Å²) < 4.78 is 16.3. The molecule has 234 valence electrons. The van der Waals surface area contributed by atoms with Crippen LogP contribution < -0.4 is 14.8 Å². The molecule has 1 aromatic heterocycles. The fraction of sp³-hybridized carbons (Fsp3) is 0.257. The SMILES string of the molecule is CCCCCCCOc1ccc(C(=O)Oc2ccc(CN(CC(=O)O)C(=O)c3ccc(NC(=O)c4ccco4)cc3)cc2)cc1. The molecule has 45 heavy (non-hydrogen) atoms. The first-order chi connectivity index (χ1) is 21.8. The van der Waals surface area contributed by atoms with Crippen LogP contribution >= 0.6 is 0 Å². The standard InChI is InChI=1S/C35H36N2O8/c1-2-3-4-5-6-21-43-29-19-13-27(14-20-29)35(42)45-30-17-9-25(10-18-30)23-37(24-32(38)39)34(41)26-11-15-28(16-12-26)36-33(40)31-8-7-22-44-31/h7-20,22H,2-6,21,23-24H2,1H3,(H,36,40)(H,38,39). The molecule has 4 rings (SSSR count). The third-order valence-corrected chi connectivity index (χ3v) is 6.86. The smallest absolute Gasteiger partial charge is 0.343 e. The van der Waals surface area contributed by atoms with E-state index >= 15 is 0 Å². The fourth-order valence-corrected chi connectivity index (χ4v) is 4.47. The van der Waals surface area contributed by atoms with Crippen LogP contribution in [0.5, 0.6) is 11.5 Å². The zero-order chi connectivity index (χ0) is 32.0. The zero-order valence-electron chi connectivity index (χ0n) is 25.1. The average Bonchev–Trinajstić information content (AvgIpc) is 3.59. The first kappa shape index (κ1) is 32.5. The van der Waals surface area contributed by atoms with Gasteiger partial charge in [-0.05, 0) is 84.8 Å². The van der Waals surface area contributed by atoms with E-state index in [0.717, 1.165) is 12.8 Å². The Morgan fingerprint density at radius 3 is 2.11 bits per heavy atom. The van der Waals surface area contributed by atoms with Crippen molar-refractivity contribution in [2.45, 2.75) is 45.6 Å².